The number of rotatable bonds is 5. The normalized spacial score (nSPS) is 14.4. The lowest BCUT2D eigenvalue weighted by Gasteiger charge is -2.24. The highest BCUT2D eigenvalue weighted by molar-refractivity contribution is 7.26. The van der Waals surface area contributed by atoms with Crippen LogP contribution in [0.5, 0.6) is 0 Å². The lowest BCUT2D eigenvalue weighted by atomic mass is 9.98. The number of allylic oxidation sites excluding steroid dienone is 1. The van der Waals surface area contributed by atoms with Gasteiger partial charge in [-0.25, -0.2) is 4.99 Å². The van der Waals surface area contributed by atoms with Crippen molar-refractivity contribution in [3.05, 3.63) is 175 Å². The monoisotopic (exact) mass is 657 g/mol. The quantitative estimate of drug-likeness (QED) is 0.196. The number of aliphatic imine (C=N–C) groups is 1. The molecule has 236 valence electrons. The van der Waals surface area contributed by atoms with Crippen molar-refractivity contribution in [1.82, 2.24) is 9.88 Å². The molecule has 1 aliphatic heterocycles. The van der Waals surface area contributed by atoms with Gasteiger partial charge in [0.05, 0.1) is 11.0 Å². The Balaban J connectivity index is 1.00. The molecule has 0 fully saturated rings. The molecule has 0 saturated carbocycles. The summed E-state index contributed by atoms with van der Waals surface area (Å²) in [5.74, 6) is 0. The van der Waals surface area contributed by atoms with Gasteiger partial charge in [0.1, 0.15) is 0 Å². The van der Waals surface area contributed by atoms with Crippen LogP contribution in [0.15, 0.2) is 175 Å². The van der Waals surface area contributed by atoms with Crippen molar-refractivity contribution >= 4 is 65.2 Å². The molecule has 1 N–H and O–H groups in total. The van der Waals surface area contributed by atoms with E-state index in [1.807, 2.05) is 17.6 Å². The number of fused-ring (bicyclic) bond motifs is 6. The largest absolute Gasteiger partial charge is 0.346 e. The van der Waals surface area contributed by atoms with Crippen molar-refractivity contribution < 1.29 is 0 Å². The number of para-hydroxylation sites is 1. The van der Waals surface area contributed by atoms with Gasteiger partial charge in [0.15, 0.2) is 0 Å². The Morgan fingerprint density at radius 2 is 1.12 bits per heavy atom. The third-order valence-corrected chi connectivity index (χ3v) is 11.1. The second kappa shape index (κ2) is 11.7. The van der Waals surface area contributed by atoms with Crippen molar-refractivity contribution in [1.29, 1.82) is 0 Å². The molecule has 9 aromatic rings. The first-order valence-electron chi connectivity index (χ1n) is 17.0. The molecule has 7 aromatic carbocycles. The number of hydrogen-bond donors (Lipinski definition) is 1. The van der Waals surface area contributed by atoms with Gasteiger partial charge in [-0.15, -0.1) is 11.3 Å². The minimum absolute atomic E-state index is 0.289. The molecule has 4 heteroatoms. The maximum absolute atomic E-state index is 4.96. The molecule has 1 aliphatic rings. The first kappa shape index (κ1) is 28.8. The van der Waals surface area contributed by atoms with Crippen LogP contribution < -0.4 is 5.32 Å². The van der Waals surface area contributed by atoms with E-state index in [1.54, 1.807) is 0 Å². The van der Waals surface area contributed by atoms with E-state index >= 15 is 0 Å². The maximum Gasteiger partial charge on any atom is 0.200 e. The van der Waals surface area contributed by atoms with Gasteiger partial charge in [-0.1, -0.05) is 133 Å². The Labute approximate surface area is 294 Å². The third kappa shape index (κ3) is 4.76. The highest BCUT2D eigenvalue weighted by Gasteiger charge is 2.21. The Bertz CT molecular complexity index is 2780. The van der Waals surface area contributed by atoms with Crippen LogP contribution in [0.3, 0.4) is 0 Å². The van der Waals surface area contributed by atoms with Crippen molar-refractivity contribution in [2.75, 3.05) is 0 Å². The van der Waals surface area contributed by atoms with Crippen LogP contribution in [0.25, 0.3) is 81.1 Å². The lowest BCUT2D eigenvalue weighted by molar-refractivity contribution is 0.510. The number of nitrogens with one attached hydrogen (secondary N) is 1. The van der Waals surface area contributed by atoms with E-state index in [9.17, 15) is 0 Å². The SMILES string of the molecule is C1=NC(n2c3ccccc3c3cc(-c4cccc5c4sc4ccccc45)ccc32)NC(c2cccc(-c3ccc(-c4ccccc4)cc3)c2)=C1. The summed E-state index contributed by atoms with van der Waals surface area (Å²) in [6, 6.07) is 59.1. The molecule has 0 aliphatic carbocycles. The van der Waals surface area contributed by atoms with Gasteiger partial charge in [-0.3, -0.25) is 0 Å². The van der Waals surface area contributed by atoms with E-state index in [2.05, 4.69) is 180 Å². The maximum atomic E-state index is 4.96. The summed E-state index contributed by atoms with van der Waals surface area (Å²) in [5, 5.41) is 8.87. The number of thiophene rings is 1. The fraction of sp³-hybridized carbons (Fsp3) is 0.0217. The van der Waals surface area contributed by atoms with Gasteiger partial charge in [0.25, 0.3) is 0 Å². The Kier molecular flexibility index (Phi) is 6.74. The zero-order valence-corrected chi connectivity index (χ0v) is 27.9. The van der Waals surface area contributed by atoms with E-state index in [0.29, 0.717) is 0 Å². The van der Waals surface area contributed by atoms with Gasteiger partial charge in [-0.2, -0.15) is 0 Å². The molecule has 1 unspecified atom stereocenters. The predicted octanol–water partition coefficient (Wildman–Crippen LogP) is 12.3. The lowest BCUT2D eigenvalue weighted by Crippen LogP contribution is -2.26. The fourth-order valence-corrected chi connectivity index (χ4v) is 8.73. The average molecular weight is 658 g/mol. The number of nitrogens with zero attached hydrogens (tertiary/aromatic N) is 2. The van der Waals surface area contributed by atoms with E-state index < -0.39 is 0 Å². The molecule has 0 saturated heterocycles. The first-order valence-corrected chi connectivity index (χ1v) is 17.8. The Morgan fingerprint density at radius 1 is 0.480 bits per heavy atom. The van der Waals surface area contributed by atoms with Crippen LogP contribution in [-0.2, 0) is 0 Å². The van der Waals surface area contributed by atoms with Gasteiger partial charge >= 0.3 is 0 Å². The highest BCUT2D eigenvalue weighted by atomic mass is 32.1. The van der Waals surface area contributed by atoms with Crippen LogP contribution in [0.2, 0.25) is 0 Å². The summed E-state index contributed by atoms with van der Waals surface area (Å²) >= 11 is 1.88. The molecule has 0 bridgehead atoms. The molecular weight excluding hydrogens is 627 g/mol. The van der Waals surface area contributed by atoms with Gasteiger partial charge < -0.3 is 9.88 Å². The Morgan fingerprint density at radius 3 is 2.00 bits per heavy atom. The van der Waals surface area contributed by atoms with E-state index in [1.165, 1.54) is 64.3 Å². The minimum atomic E-state index is -0.289. The standard InChI is InChI=1S/C46H31N3S/c1-2-10-30(11-3-1)31-20-22-32(23-21-31)33-12-8-13-35(28-33)41-26-27-47-46(48-41)49-42-18-6-4-14-37(42)40-29-34(24-25-43(40)49)36-16-9-17-39-38-15-5-7-19-44(38)50-45(36)39/h1-29,46,48H. The summed E-state index contributed by atoms with van der Waals surface area (Å²) in [5.41, 5.74) is 11.8. The second-order valence-corrected chi connectivity index (χ2v) is 13.9. The summed E-state index contributed by atoms with van der Waals surface area (Å²) in [4.78, 5) is 4.96. The molecule has 0 amide bonds. The van der Waals surface area contributed by atoms with Gasteiger partial charge in [-0.05, 0) is 75.4 Å². The van der Waals surface area contributed by atoms with Gasteiger partial charge in [0.2, 0.25) is 6.29 Å². The number of hydrogen-bond acceptors (Lipinski definition) is 3. The summed E-state index contributed by atoms with van der Waals surface area (Å²) in [6.07, 6.45) is 3.73. The molecule has 10 rings (SSSR count). The van der Waals surface area contributed by atoms with Gasteiger partial charge in [0, 0.05) is 42.9 Å². The first-order chi connectivity index (χ1) is 24.8. The molecule has 0 radical (unpaired) electrons. The van der Waals surface area contributed by atoms with Crippen molar-refractivity contribution in [2.24, 2.45) is 4.99 Å². The van der Waals surface area contributed by atoms with Crippen molar-refractivity contribution in [3.63, 3.8) is 0 Å². The Hall–Kier alpha value is -6.23. The third-order valence-electron chi connectivity index (χ3n) is 9.92. The zero-order valence-electron chi connectivity index (χ0n) is 27.1. The van der Waals surface area contributed by atoms with E-state index in [-0.39, 0.29) is 6.29 Å². The van der Waals surface area contributed by atoms with E-state index in [4.69, 9.17) is 4.99 Å². The summed E-state index contributed by atoms with van der Waals surface area (Å²) in [7, 11) is 0. The van der Waals surface area contributed by atoms with Crippen molar-refractivity contribution in [2.45, 2.75) is 6.29 Å². The molecule has 50 heavy (non-hydrogen) atoms. The molecule has 0 spiro atoms. The molecule has 3 nitrogen and oxygen atoms in total. The van der Waals surface area contributed by atoms with Crippen LogP contribution in [0, 0.1) is 0 Å². The van der Waals surface area contributed by atoms with Crippen molar-refractivity contribution in [3.8, 4) is 33.4 Å². The molecule has 1 atom stereocenters. The van der Waals surface area contributed by atoms with Crippen LogP contribution in [-0.4, -0.2) is 10.8 Å². The van der Waals surface area contributed by atoms with Crippen LogP contribution in [0.1, 0.15) is 11.9 Å². The topological polar surface area (TPSA) is 29.3 Å². The predicted molar refractivity (Wildman–Crippen MR) is 214 cm³/mol. The van der Waals surface area contributed by atoms with Crippen LogP contribution in [0.4, 0.5) is 0 Å². The zero-order chi connectivity index (χ0) is 33.0. The summed E-state index contributed by atoms with van der Waals surface area (Å²) in [6.45, 7) is 0. The smallest absolute Gasteiger partial charge is 0.200 e. The molecular formula is C46H31N3S. The second-order valence-electron chi connectivity index (χ2n) is 12.8. The van der Waals surface area contributed by atoms with Crippen LogP contribution >= 0.6 is 11.3 Å². The fourth-order valence-electron chi connectivity index (χ4n) is 7.49. The highest BCUT2D eigenvalue weighted by Crippen LogP contribution is 2.42. The average Bonchev–Trinajstić information content (AvgIpc) is 3.74. The molecule has 3 heterocycles. The summed E-state index contributed by atoms with van der Waals surface area (Å²) < 4.78 is 4.99. The number of benzene rings is 7. The number of aromatic nitrogens is 1. The minimum Gasteiger partial charge on any atom is -0.346 e. The molecule has 2 aromatic heterocycles. The van der Waals surface area contributed by atoms with E-state index in [0.717, 1.165) is 22.3 Å².